The predicted molar refractivity (Wildman–Crippen MR) is 60.3 cm³/mol. The fraction of sp³-hybridized carbons (Fsp3) is 0.833. The van der Waals surface area contributed by atoms with Crippen molar-refractivity contribution in [3.8, 4) is 0 Å². The summed E-state index contributed by atoms with van der Waals surface area (Å²) in [5, 5.41) is 0. The molecule has 4 nitrogen and oxygen atoms in total. The maximum atomic E-state index is 11.2. The van der Waals surface area contributed by atoms with Gasteiger partial charge in [0.05, 0.1) is 12.8 Å². The average molecular weight is 230 g/mol. The van der Waals surface area contributed by atoms with Gasteiger partial charge in [0.15, 0.2) is 0 Å². The van der Waals surface area contributed by atoms with E-state index in [-0.39, 0.29) is 24.7 Å². The second-order valence-corrected chi connectivity index (χ2v) is 4.35. The van der Waals surface area contributed by atoms with E-state index in [1.54, 1.807) is 0 Å². The largest absolute Gasteiger partial charge is 0.355 e. The van der Waals surface area contributed by atoms with Gasteiger partial charge in [0.2, 0.25) is 0 Å². The zero-order chi connectivity index (χ0) is 12.6. The lowest BCUT2D eigenvalue weighted by Crippen LogP contribution is -2.15. The molecule has 0 aliphatic rings. The molecule has 0 amide bonds. The summed E-state index contributed by atoms with van der Waals surface area (Å²) in [6, 6.07) is 0. The molecule has 0 aromatic carbocycles. The Morgan fingerprint density at radius 3 is 1.44 bits per heavy atom. The highest BCUT2D eigenvalue weighted by molar-refractivity contribution is 5.73. The van der Waals surface area contributed by atoms with Crippen LogP contribution in [0.5, 0.6) is 0 Å². The van der Waals surface area contributed by atoms with Crippen LogP contribution in [-0.4, -0.2) is 11.9 Å². The van der Waals surface area contributed by atoms with Crippen molar-refractivity contribution in [2.45, 2.75) is 53.4 Å². The Morgan fingerprint density at radius 1 is 0.875 bits per heavy atom. The standard InChI is InChI=1S/C12H22O4/c1-5-9(3)7-11(13)15-16-12(14)8-10(4)6-2/h9-10H,5-8H2,1-4H3. The van der Waals surface area contributed by atoms with Gasteiger partial charge in [-0.1, -0.05) is 40.5 Å². The van der Waals surface area contributed by atoms with E-state index in [1.807, 2.05) is 27.7 Å². The van der Waals surface area contributed by atoms with E-state index in [1.165, 1.54) is 0 Å². The molecule has 0 aliphatic heterocycles. The highest BCUT2D eigenvalue weighted by Gasteiger charge is 2.14. The predicted octanol–water partition coefficient (Wildman–Crippen LogP) is 2.86. The topological polar surface area (TPSA) is 52.6 Å². The first-order valence-electron chi connectivity index (χ1n) is 5.89. The van der Waals surface area contributed by atoms with Crippen LogP contribution in [0.4, 0.5) is 0 Å². The monoisotopic (exact) mass is 230 g/mol. The summed E-state index contributed by atoms with van der Waals surface area (Å²) in [7, 11) is 0. The van der Waals surface area contributed by atoms with E-state index in [0.29, 0.717) is 0 Å². The first-order valence-corrected chi connectivity index (χ1v) is 5.89. The fourth-order valence-corrected chi connectivity index (χ4v) is 1.02. The molecule has 0 N–H and O–H groups in total. The van der Waals surface area contributed by atoms with Crippen LogP contribution >= 0.6 is 0 Å². The molecule has 0 saturated carbocycles. The molecule has 2 atom stereocenters. The molecule has 0 rings (SSSR count). The first-order chi connectivity index (χ1) is 7.49. The van der Waals surface area contributed by atoms with Crippen molar-refractivity contribution in [2.75, 3.05) is 0 Å². The molecule has 94 valence electrons. The van der Waals surface area contributed by atoms with Crippen LogP contribution in [0.3, 0.4) is 0 Å². The first kappa shape index (κ1) is 14.9. The minimum Gasteiger partial charge on any atom is -0.247 e. The number of carbonyl (C=O) groups excluding carboxylic acids is 2. The van der Waals surface area contributed by atoms with Gasteiger partial charge in [-0.15, -0.1) is 0 Å². The molecule has 2 unspecified atom stereocenters. The smallest absolute Gasteiger partial charge is 0.247 e. The molecule has 0 saturated heterocycles. The molecule has 0 radical (unpaired) electrons. The van der Waals surface area contributed by atoms with E-state index in [9.17, 15) is 9.59 Å². The Morgan fingerprint density at radius 2 is 1.19 bits per heavy atom. The van der Waals surface area contributed by atoms with Gasteiger partial charge in [-0.25, -0.2) is 19.4 Å². The lowest BCUT2D eigenvalue weighted by Gasteiger charge is -2.08. The summed E-state index contributed by atoms with van der Waals surface area (Å²) in [5.74, 6) is -0.458. The SMILES string of the molecule is CCC(C)CC(=O)OOC(=O)CC(C)CC. The van der Waals surface area contributed by atoms with Crippen molar-refractivity contribution in [1.29, 1.82) is 0 Å². The van der Waals surface area contributed by atoms with Crippen molar-refractivity contribution in [3.63, 3.8) is 0 Å². The average Bonchev–Trinajstić information content (AvgIpc) is 2.26. The summed E-state index contributed by atoms with van der Waals surface area (Å²) in [5.41, 5.74) is 0. The number of hydrogen-bond acceptors (Lipinski definition) is 4. The molecule has 4 heteroatoms. The van der Waals surface area contributed by atoms with Crippen LogP contribution in [0, 0.1) is 11.8 Å². The van der Waals surface area contributed by atoms with Crippen molar-refractivity contribution in [2.24, 2.45) is 11.8 Å². The van der Waals surface area contributed by atoms with Gasteiger partial charge >= 0.3 is 11.9 Å². The van der Waals surface area contributed by atoms with Crippen LogP contribution in [0.2, 0.25) is 0 Å². The van der Waals surface area contributed by atoms with E-state index >= 15 is 0 Å². The van der Waals surface area contributed by atoms with Crippen molar-refractivity contribution in [1.82, 2.24) is 0 Å². The highest BCUT2D eigenvalue weighted by Crippen LogP contribution is 2.10. The van der Waals surface area contributed by atoms with Crippen LogP contribution in [-0.2, 0) is 19.4 Å². The Hall–Kier alpha value is -1.06. The minimum atomic E-state index is -0.480. The third kappa shape index (κ3) is 7.26. The van der Waals surface area contributed by atoms with Crippen molar-refractivity contribution in [3.05, 3.63) is 0 Å². The van der Waals surface area contributed by atoms with Crippen LogP contribution in [0.25, 0.3) is 0 Å². The second kappa shape index (κ2) is 8.13. The molecule has 0 aliphatic carbocycles. The molecular weight excluding hydrogens is 208 g/mol. The van der Waals surface area contributed by atoms with E-state index < -0.39 is 11.9 Å². The molecule has 0 aromatic rings. The van der Waals surface area contributed by atoms with Gasteiger partial charge in [-0.05, 0) is 11.8 Å². The molecule has 0 spiro atoms. The summed E-state index contributed by atoms with van der Waals surface area (Å²) >= 11 is 0. The molecular formula is C12H22O4. The summed E-state index contributed by atoms with van der Waals surface area (Å²) in [6.07, 6.45) is 2.37. The van der Waals surface area contributed by atoms with Gasteiger partial charge in [0.1, 0.15) is 0 Å². The summed E-state index contributed by atoms with van der Waals surface area (Å²) in [6.45, 7) is 7.88. The third-order valence-electron chi connectivity index (χ3n) is 2.65. The minimum absolute atomic E-state index is 0.251. The van der Waals surface area contributed by atoms with Crippen molar-refractivity contribution >= 4 is 11.9 Å². The Balaban J connectivity index is 3.71. The number of carbonyl (C=O) groups is 2. The summed E-state index contributed by atoms with van der Waals surface area (Å²) in [4.78, 5) is 31.2. The Bertz CT molecular complexity index is 201. The molecule has 16 heavy (non-hydrogen) atoms. The number of hydrogen-bond donors (Lipinski definition) is 0. The van der Waals surface area contributed by atoms with Gasteiger partial charge in [0.25, 0.3) is 0 Å². The highest BCUT2D eigenvalue weighted by atomic mass is 17.2. The fourth-order valence-electron chi connectivity index (χ4n) is 1.02. The second-order valence-electron chi connectivity index (χ2n) is 4.35. The lowest BCUT2D eigenvalue weighted by atomic mass is 10.1. The maximum absolute atomic E-state index is 11.2. The third-order valence-corrected chi connectivity index (χ3v) is 2.65. The van der Waals surface area contributed by atoms with Gasteiger partial charge in [0, 0.05) is 0 Å². The normalized spacial score (nSPS) is 14.0. The van der Waals surface area contributed by atoms with Gasteiger partial charge < -0.3 is 0 Å². The molecule has 0 aromatic heterocycles. The van der Waals surface area contributed by atoms with Crippen LogP contribution in [0.15, 0.2) is 0 Å². The number of rotatable bonds is 6. The Kier molecular flexibility index (Phi) is 7.60. The van der Waals surface area contributed by atoms with Crippen LogP contribution < -0.4 is 0 Å². The van der Waals surface area contributed by atoms with Crippen molar-refractivity contribution < 1.29 is 19.4 Å². The van der Waals surface area contributed by atoms with Gasteiger partial charge in [-0.3, -0.25) is 0 Å². The zero-order valence-electron chi connectivity index (χ0n) is 10.6. The van der Waals surface area contributed by atoms with Crippen LogP contribution in [0.1, 0.15) is 53.4 Å². The molecule has 0 fully saturated rings. The quantitative estimate of drug-likeness (QED) is 0.520. The van der Waals surface area contributed by atoms with E-state index in [0.717, 1.165) is 12.8 Å². The maximum Gasteiger partial charge on any atom is 0.355 e. The Labute approximate surface area is 97.2 Å². The lowest BCUT2D eigenvalue weighted by molar-refractivity contribution is -0.260. The summed E-state index contributed by atoms with van der Waals surface area (Å²) < 4.78 is 0. The van der Waals surface area contributed by atoms with E-state index in [2.05, 4.69) is 9.78 Å². The molecule has 0 bridgehead atoms. The van der Waals surface area contributed by atoms with Gasteiger partial charge in [-0.2, -0.15) is 0 Å². The molecule has 0 heterocycles. The van der Waals surface area contributed by atoms with E-state index in [4.69, 9.17) is 0 Å². The zero-order valence-corrected chi connectivity index (χ0v) is 10.6.